The van der Waals surface area contributed by atoms with Crippen LogP contribution in [0.4, 0.5) is 0 Å². The first kappa shape index (κ1) is 17.8. The lowest BCUT2D eigenvalue weighted by Gasteiger charge is -1.94. The van der Waals surface area contributed by atoms with E-state index >= 15 is 0 Å². The maximum Gasteiger partial charge on any atom is 0.00922 e. The summed E-state index contributed by atoms with van der Waals surface area (Å²) in [4.78, 5) is 0. The van der Waals surface area contributed by atoms with Gasteiger partial charge in [0, 0.05) is 6.42 Å². The molecule has 0 N–H and O–H groups in total. The van der Waals surface area contributed by atoms with Crippen molar-refractivity contribution in [2.75, 3.05) is 0 Å². The number of rotatable bonds is 10. The highest BCUT2D eigenvalue weighted by Crippen LogP contribution is 2.03. The third-order valence-corrected chi connectivity index (χ3v) is 2.82. The summed E-state index contributed by atoms with van der Waals surface area (Å²) in [6, 6.07) is 0. The molecule has 0 atom stereocenters. The van der Waals surface area contributed by atoms with E-state index < -0.39 is 0 Å². The van der Waals surface area contributed by atoms with Gasteiger partial charge in [-0.05, 0) is 31.8 Å². The smallest absolute Gasteiger partial charge is 0.00922 e. The third kappa shape index (κ3) is 16.8. The van der Waals surface area contributed by atoms with Gasteiger partial charge in [0.2, 0.25) is 0 Å². The molecule has 0 heterocycles. The fraction of sp³-hybridized carbons (Fsp3) is 0.579. The Kier molecular flexibility index (Phi) is 15.7. The topological polar surface area (TPSA) is 0 Å². The minimum absolute atomic E-state index is 0.991. The van der Waals surface area contributed by atoms with E-state index in [1.165, 1.54) is 32.1 Å². The van der Waals surface area contributed by atoms with Gasteiger partial charge < -0.3 is 0 Å². The molecular formula is C19H30. The monoisotopic (exact) mass is 258 g/mol. The zero-order valence-electron chi connectivity index (χ0n) is 12.8. The summed E-state index contributed by atoms with van der Waals surface area (Å²) >= 11 is 0. The standard InChI is InChI=1S/C19H30/c1-3-5-7-9-11-13-15-17-19-18-16-14-12-10-8-6-4-2/h5,7,11,13,17,19H,3-4,6,8-10,12,14-15H2,1-2H3. The van der Waals surface area contributed by atoms with Crippen LogP contribution in [0, 0.1) is 11.8 Å². The number of hydrogen-bond acceptors (Lipinski definition) is 0. The zero-order valence-corrected chi connectivity index (χ0v) is 12.8. The van der Waals surface area contributed by atoms with E-state index in [9.17, 15) is 0 Å². The minimum Gasteiger partial charge on any atom is -0.0985 e. The molecule has 0 aliphatic rings. The summed E-state index contributed by atoms with van der Waals surface area (Å²) in [7, 11) is 0. The van der Waals surface area contributed by atoms with Gasteiger partial charge in [-0.1, -0.05) is 81.8 Å². The fourth-order valence-electron chi connectivity index (χ4n) is 1.69. The molecule has 0 aromatic heterocycles. The van der Waals surface area contributed by atoms with Gasteiger partial charge in [0.05, 0.1) is 0 Å². The van der Waals surface area contributed by atoms with Gasteiger partial charge in [0.25, 0.3) is 0 Å². The summed E-state index contributed by atoms with van der Waals surface area (Å²) in [5, 5.41) is 0. The zero-order chi connectivity index (χ0) is 14.0. The Morgan fingerprint density at radius 1 is 0.737 bits per heavy atom. The molecule has 0 heteroatoms. The Balaban J connectivity index is 3.40. The van der Waals surface area contributed by atoms with Gasteiger partial charge in [-0.3, -0.25) is 0 Å². The molecule has 106 valence electrons. The molecule has 0 aromatic rings. The average Bonchev–Trinajstić information content (AvgIpc) is 2.43. The second-order valence-electron chi connectivity index (χ2n) is 4.71. The van der Waals surface area contributed by atoms with Gasteiger partial charge in [-0.2, -0.15) is 0 Å². The van der Waals surface area contributed by atoms with Gasteiger partial charge in [-0.25, -0.2) is 0 Å². The third-order valence-electron chi connectivity index (χ3n) is 2.82. The number of hydrogen-bond donors (Lipinski definition) is 0. The van der Waals surface area contributed by atoms with Crippen LogP contribution in [0.5, 0.6) is 0 Å². The van der Waals surface area contributed by atoms with Crippen molar-refractivity contribution in [3.8, 4) is 11.8 Å². The first-order valence-corrected chi connectivity index (χ1v) is 7.85. The van der Waals surface area contributed by atoms with Crippen molar-refractivity contribution in [3.63, 3.8) is 0 Å². The molecule has 0 spiro atoms. The molecule has 0 aliphatic heterocycles. The van der Waals surface area contributed by atoms with E-state index in [2.05, 4.69) is 56.1 Å². The van der Waals surface area contributed by atoms with Crippen molar-refractivity contribution >= 4 is 0 Å². The van der Waals surface area contributed by atoms with Gasteiger partial charge in [0.1, 0.15) is 0 Å². The molecule has 0 aromatic carbocycles. The molecule has 0 aliphatic carbocycles. The van der Waals surface area contributed by atoms with Crippen LogP contribution in [-0.2, 0) is 0 Å². The van der Waals surface area contributed by atoms with Gasteiger partial charge in [0.15, 0.2) is 0 Å². The van der Waals surface area contributed by atoms with Crippen LogP contribution in [0.25, 0.3) is 0 Å². The van der Waals surface area contributed by atoms with Crippen molar-refractivity contribution < 1.29 is 0 Å². The molecule has 0 unspecified atom stereocenters. The predicted molar refractivity (Wildman–Crippen MR) is 88.1 cm³/mol. The van der Waals surface area contributed by atoms with E-state index in [0.717, 1.165) is 25.7 Å². The van der Waals surface area contributed by atoms with Crippen LogP contribution >= 0.6 is 0 Å². The fourth-order valence-corrected chi connectivity index (χ4v) is 1.69. The first-order valence-electron chi connectivity index (χ1n) is 7.85. The van der Waals surface area contributed by atoms with Crippen LogP contribution in [-0.4, -0.2) is 0 Å². The van der Waals surface area contributed by atoms with Crippen LogP contribution in [0.1, 0.15) is 71.6 Å². The second-order valence-corrected chi connectivity index (χ2v) is 4.71. The van der Waals surface area contributed by atoms with E-state index in [0.29, 0.717) is 0 Å². The van der Waals surface area contributed by atoms with E-state index in [1.807, 2.05) is 6.08 Å². The summed E-state index contributed by atoms with van der Waals surface area (Å²) in [6.07, 6.45) is 23.8. The Bertz CT molecular complexity index is 307. The molecule has 0 saturated carbocycles. The predicted octanol–water partition coefficient (Wildman–Crippen LogP) is 6.21. The maximum absolute atomic E-state index is 3.21. The summed E-state index contributed by atoms with van der Waals surface area (Å²) in [5.74, 6) is 6.32. The Morgan fingerprint density at radius 2 is 1.42 bits per heavy atom. The van der Waals surface area contributed by atoms with Crippen LogP contribution in [0.15, 0.2) is 36.5 Å². The lowest BCUT2D eigenvalue weighted by atomic mass is 10.1. The second kappa shape index (κ2) is 16.8. The molecule has 0 saturated heterocycles. The molecular weight excluding hydrogens is 228 g/mol. The number of allylic oxidation sites excluding steroid dienone is 6. The molecule has 0 bridgehead atoms. The van der Waals surface area contributed by atoms with Crippen molar-refractivity contribution in [3.05, 3.63) is 36.5 Å². The highest BCUT2D eigenvalue weighted by molar-refractivity contribution is 5.16. The summed E-state index contributed by atoms with van der Waals surface area (Å²) in [6.45, 7) is 4.41. The van der Waals surface area contributed by atoms with Crippen LogP contribution in [0.2, 0.25) is 0 Å². The first-order chi connectivity index (χ1) is 9.41. The van der Waals surface area contributed by atoms with Crippen LogP contribution < -0.4 is 0 Å². The van der Waals surface area contributed by atoms with Gasteiger partial charge >= 0.3 is 0 Å². The Labute approximate surface area is 120 Å². The molecule has 0 radical (unpaired) electrons. The minimum atomic E-state index is 0.991. The molecule has 0 rings (SSSR count). The van der Waals surface area contributed by atoms with E-state index in [1.54, 1.807) is 0 Å². The molecule has 0 fully saturated rings. The lowest BCUT2D eigenvalue weighted by Crippen LogP contribution is -1.75. The highest BCUT2D eigenvalue weighted by atomic mass is 13.9. The average molecular weight is 258 g/mol. The Hall–Kier alpha value is -1.22. The lowest BCUT2D eigenvalue weighted by molar-refractivity contribution is 0.641. The van der Waals surface area contributed by atoms with Crippen molar-refractivity contribution in [2.24, 2.45) is 0 Å². The largest absolute Gasteiger partial charge is 0.0985 e. The number of unbranched alkanes of at least 4 members (excludes halogenated alkanes) is 5. The molecule has 0 amide bonds. The van der Waals surface area contributed by atoms with Gasteiger partial charge in [-0.15, -0.1) is 0 Å². The SMILES string of the molecule is CCC=CCC=CCC=CC#CCCCCCCC. The normalized spacial score (nSPS) is 11.5. The van der Waals surface area contributed by atoms with E-state index in [-0.39, 0.29) is 0 Å². The van der Waals surface area contributed by atoms with Crippen molar-refractivity contribution in [1.82, 2.24) is 0 Å². The summed E-state index contributed by atoms with van der Waals surface area (Å²) in [5.41, 5.74) is 0. The quantitative estimate of drug-likeness (QED) is 0.248. The van der Waals surface area contributed by atoms with Crippen LogP contribution in [0.3, 0.4) is 0 Å². The highest BCUT2D eigenvalue weighted by Gasteiger charge is 1.85. The van der Waals surface area contributed by atoms with E-state index in [4.69, 9.17) is 0 Å². The molecule has 0 nitrogen and oxygen atoms in total. The van der Waals surface area contributed by atoms with Crippen molar-refractivity contribution in [1.29, 1.82) is 0 Å². The summed E-state index contributed by atoms with van der Waals surface area (Å²) < 4.78 is 0. The Morgan fingerprint density at radius 3 is 2.16 bits per heavy atom. The van der Waals surface area contributed by atoms with Crippen molar-refractivity contribution in [2.45, 2.75) is 71.6 Å². The maximum atomic E-state index is 3.21. The molecule has 19 heavy (non-hydrogen) atoms.